The molecule has 0 atom stereocenters. The number of alkyl halides is 4. The normalized spacial score (nSPS) is 12.5. The average Bonchev–Trinajstić information content (AvgIpc) is 2.81. The van der Waals surface area contributed by atoms with Crippen LogP contribution in [0, 0.1) is 6.92 Å². The van der Waals surface area contributed by atoms with E-state index in [1.54, 1.807) is 6.07 Å². The van der Waals surface area contributed by atoms with Gasteiger partial charge in [0.1, 0.15) is 0 Å². The largest absolute Gasteiger partial charge is 0.418 e. The molecule has 0 bridgehead atoms. The molecule has 0 saturated heterocycles. The lowest BCUT2D eigenvalue weighted by Crippen LogP contribution is -2.42. The molecule has 0 fully saturated rings. The highest BCUT2D eigenvalue weighted by Crippen LogP contribution is 2.49. The highest BCUT2D eigenvalue weighted by atomic mass is 32.2. The monoisotopic (exact) mass is 333 g/mol. The van der Waals surface area contributed by atoms with Crippen molar-refractivity contribution in [3.63, 3.8) is 0 Å². The average molecular weight is 333 g/mol. The van der Waals surface area contributed by atoms with Crippen molar-refractivity contribution < 1.29 is 22.4 Å². The van der Waals surface area contributed by atoms with Crippen LogP contribution in [0.5, 0.6) is 0 Å². The molecule has 1 aromatic heterocycles. The molecule has 0 amide bonds. The SMILES string of the molecule is CC(=O)c1nnn(C(F)(F)C(F)(F)Sc2ccccc2)c1C. The number of hydrogen-bond donors (Lipinski definition) is 0. The number of nitrogens with zero attached hydrogens (tertiary/aromatic N) is 3. The van der Waals surface area contributed by atoms with E-state index in [0.29, 0.717) is 0 Å². The third-order valence-corrected chi connectivity index (χ3v) is 3.84. The third-order valence-electron chi connectivity index (χ3n) is 2.83. The summed E-state index contributed by atoms with van der Waals surface area (Å²) >= 11 is -0.283. The van der Waals surface area contributed by atoms with Gasteiger partial charge in [-0.3, -0.25) is 4.79 Å². The molecule has 118 valence electrons. The fourth-order valence-electron chi connectivity index (χ4n) is 1.74. The maximum absolute atomic E-state index is 14.1. The molecular weight excluding hydrogens is 322 g/mol. The van der Waals surface area contributed by atoms with Crippen LogP contribution >= 0.6 is 11.8 Å². The standard InChI is InChI=1S/C13H11F4N3OS/c1-8-11(9(2)21)18-19-20(8)12(14,15)13(16,17)22-10-6-4-3-5-7-10/h3-7H,1-2H3. The smallest absolute Gasteiger partial charge is 0.293 e. The maximum Gasteiger partial charge on any atom is 0.418 e. The highest BCUT2D eigenvalue weighted by molar-refractivity contribution is 8.00. The number of aromatic nitrogens is 3. The number of halogens is 4. The predicted molar refractivity (Wildman–Crippen MR) is 72.2 cm³/mol. The molecule has 2 aromatic rings. The van der Waals surface area contributed by atoms with E-state index in [1.165, 1.54) is 24.3 Å². The van der Waals surface area contributed by atoms with Crippen LogP contribution in [0.1, 0.15) is 23.1 Å². The van der Waals surface area contributed by atoms with Crippen molar-refractivity contribution >= 4 is 17.5 Å². The molecule has 0 N–H and O–H groups in total. The number of thioether (sulfide) groups is 1. The van der Waals surface area contributed by atoms with E-state index in [-0.39, 0.29) is 27.0 Å². The molecule has 1 heterocycles. The Hall–Kier alpha value is -1.90. The van der Waals surface area contributed by atoms with E-state index in [2.05, 4.69) is 10.3 Å². The van der Waals surface area contributed by atoms with E-state index >= 15 is 0 Å². The molecule has 0 aliphatic heterocycles. The number of carbonyl (C=O) groups is 1. The van der Waals surface area contributed by atoms with Gasteiger partial charge in [0, 0.05) is 11.8 Å². The second kappa shape index (κ2) is 5.71. The van der Waals surface area contributed by atoms with Crippen LogP contribution < -0.4 is 0 Å². The van der Waals surface area contributed by atoms with Gasteiger partial charge in [-0.05, 0) is 30.8 Å². The first-order chi connectivity index (χ1) is 10.2. The second-order valence-electron chi connectivity index (χ2n) is 4.46. The minimum atomic E-state index is -4.64. The number of benzene rings is 1. The number of hydrogen-bond acceptors (Lipinski definition) is 4. The second-order valence-corrected chi connectivity index (χ2v) is 5.65. The van der Waals surface area contributed by atoms with Gasteiger partial charge in [-0.1, -0.05) is 23.4 Å². The highest BCUT2D eigenvalue weighted by Gasteiger charge is 2.60. The molecule has 1 aromatic carbocycles. The minimum Gasteiger partial charge on any atom is -0.293 e. The first-order valence-corrected chi connectivity index (χ1v) is 6.92. The molecule has 0 spiro atoms. The van der Waals surface area contributed by atoms with Crippen LogP contribution in [0.15, 0.2) is 35.2 Å². The number of carbonyl (C=O) groups excluding carboxylic acids is 1. The summed E-state index contributed by atoms with van der Waals surface area (Å²) in [5, 5.41) is 1.79. The lowest BCUT2D eigenvalue weighted by Gasteiger charge is -2.26. The molecule has 0 aliphatic rings. The summed E-state index contributed by atoms with van der Waals surface area (Å²) in [6.07, 6.45) is 0. The first kappa shape index (κ1) is 16.5. The summed E-state index contributed by atoms with van der Waals surface area (Å²) in [5.41, 5.74) is -0.772. The van der Waals surface area contributed by atoms with Gasteiger partial charge in [-0.25, -0.2) is 0 Å². The van der Waals surface area contributed by atoms with Crippen molar-refractivity contribution in [2.45, 2.75) is 30.0 Å². The lowest BCUT2D eigenvalue weighted by molar-refractivity contribution is -0.218. The van der Waals surface area contributed by atoms with Crippen molar-refractivity contribution in [3.05, 3.63) is 41.7 Å². The van der Waals surface area contributed by atoms with Crippen molar-refractivity contribution in [2.24, 2.45) is 0 Å². The zero-order valence-electron chi connectivity index (χ0n) is 11.6. The molecular formula is C13H11F4N3OS. The Morgan fingerprint density at radius 1 is 1.18 bits per heavy atom. The molecule has 0 radical (unpaired) electrons. The summed E-state index contributed by atoms with van der Waals surface area (Å²) in [7, 11) is 0. The Morgan fingerprint density at radius 2 is 1.77 bits per heavy atom. The van der Waals surface area contributed by atoms with Gasteiger partial charge in [-0.15, -0.1) is 5.10 Å². The van der Waals surface area contributed by atoms with E-state index in [1.807, 2.05) is 0 Å². The molecule has 0 aliphatic carbocycles. The summed E-state index contributed by atoms with van der Waals surface area (Å²) in [6.45, 7) is 2.18. The predicted octanol–water partition coefficient (Wildman–Crippen LogP) is 3.72. The maximum atomic E-state index is 14.1. The Kier molecular flexibility index (Phi) is 4.28. The molecule has 2 rings (SSSR count). The van der Waals surface area contributed by atoms with E-state index < -0.39 is 22.8 Å². The van der Waals surface area contributed by atoms with Crippen LogP contribution in [0.4, 0.5) is 17.6 Å². The zero-order chi connectivity index (χ0) is 16.5. The minimum absolute atomic E-state index is 0.0169. The topological polar surface area (TPSA) is 47.8 Å². The summed E-state index contributed by atoms with van der Waals surface area (Å²) in [5.74, 6) is -0.626. The van der Waals surface area contributed by atoms with Crippen LogP contribution in [-0.2, 0) is 6.05 Å². The van der Waals surface area contributed by atoms with Gasteiger partial charge >= 0.3 is 11.3 Å². The Labute approximate surface area is 127 Å². The van der Waals surface area contributed by atoms with Gasteiger partial charge in [-0.2, -0.15) is 22.2 Å². The third kappa shape index (κ3) is 2.85. The van der Waals surface area contributed by atoms with Crippen LogP contribution in [0.25, 0.3) is 0 Å². The van der Waals surface area contributed by atoms with Crippen molar-refractivity contribution in [1.29, 1.82) is 0 Å². The quantitative estimate of drug-likeness (QED) is 0.475. The zero-order valence-corrected chi connectivity index (χ0v) is 12.4. The van der Waals surface area contributed by atoms with Gasteiger partial charge in [0.2, 0.25) is 0 Å². The van der Waals surface area contributed by atoms with Crippen molar-refractivity contribution in [1.82, 2.24) is 15.0 Å². The summed E-state index contributed by atoms with van der Waals surface area (Å²) in [6, 6.07) is 2.46. The van der Waals surface area contributed by atoms with Crippen LogP contribution in [-0.4, -0.2) is 26.0 Å². The Morgan fingerprint density at radius 3 is 2.27 bits per heavy atom. The molecule has 0 saturated carbocycles. The number of ketones is 1. The summed E-state index contributed by atoms with van der Waals surface area (Å²) < 4.78 is 56.1. The van der Waals surface area contributed by atoms with Gasteiger partial charge in [0.15, 0.2) is 11.5 Å². The van der Waals surface area contributed by atoms with Crippen LogP contribution in [0.3, 0.4) is 0 Å². The van der Waals surface area contributed by atoms with Gasteiger partial charge in [0.25, 0.3) is 0 Å². The molecule has 0 unspecified atom stereocenters. The van der Waals surface area contributed by atoms with Gasteiger partial charge < -0.3 is 0 Å². The van der Waals surface area contributed by atoms with E-state index in [9.17, 15) is 22.4 Å². The Bertz CT molecular complexity index is 688. The fraction of sp³-hybridized carbons (Fsp3) is 0.308. The van der Waals surface area contributed by atoms with Crippen LogP contribution in [0.2, 0.25) is 0 Å². The lowest BCUT2D eigenvalue weighted by atomic mass is 10.2. The van der Waals surface area contributed by atoms with Crippen molar-refractivity contribution in [3.8, 4) is 0 Å². The van der Waals surface area contributed by atoms with Crippen molar-refractivity contribution in [2.75, 3.05) is 0 Å². The first-order valence-electron chi connectivity index (χ1n) is 6.10. The fourth-order valence-corrected chi connectivity index (χ4v) is 2.54. The summed E-state index contributed by atoms with van der Waals surface area (Å²) in [4.78, 5) is 11.2. The van der Waals surface area contributed by atoms with E-state index in [4.69, 9.17) is 0 Å². The van der Waals surface area contributed by atoms with E-state index in [0.717, 1.165) is 13.8 Å². The molecule has 22 heavy (non-hydrogen) atoms. The Balaban J connectivity index is 2.38. The molecule has 9 heteroatoms. The number of rotatable bonds is 5. The van der Waals surface area contributed by atoms with Gasteiger partial charge in [0.05, 0.1) is 5.69 Å². The molecule has 4 nitrogen and oxygen atoms in total. The number of Topliss-reactive ketones (excluding diaryl/α,β-unsaturated/α-hetero) is 1.